The first-order valence-corrected chi connectivity index (χ1v) is 8.03. The molecule has 0 fully saturated rings. The van der Waals surface area contributed by atoms with E-state index >= 15 is 0 Å². The van der Waals surface area contributed by atoms with E-state index in [1.807, 2.05) is 30.6 Å². The Hall–Kier alpha value is -2.81. The molecule has 0 saturated carbocycles. The van der Waals surface area contributed by atoms with Crippen LogP contribution in [0.2, 0.25) is 0 Å². The maximum Gasteiger partial charge on any atom is 0.213 e. The fraction of sp³-hybridized carbons (Fsp3) is 0.143. The second-order valence-corrected chi connectivity index (χ2v) is 6.34. The fourth-order valence-corrected chi connectivity index (χ4v) is 3.44. The van der Waals surface area contributed by atoms with Crippen molar-refractivity contribution in [3.63, 3.8) is 0 Å². The van der Waals surface area contributed by atoms with Crippen LogP contribution in [0, 0.1) is 11.4 Å². The van der Waals surface area contributed by atoms with Crippen LogP contribution in [0.3, 0.4) is 0 Å². The molecule has 0 aromatic carbocycles. The van der Waals surface area contributed by atoms with E-state index in [9.17, 15) is 4.39 Å². The lowest BCUT2D eigenvalue weighted by molar-refractivity contribution is 0.477. The molecule has 2 nitrogen and oxygen atoms in total. The van der Waals surface area contributed by atoms with Crippen LogP contribution < -0.4 is 0 Å². The van der Waals surface area contributed by atoms with Crippen LogP contribution in [0.1, 0.15) is 11.1 Å². The van der Waals surface area contributed by atoms with Gasteiger partial charge in [-0.05, 0) is 59.4 Å². The third kappa shape index (κ3) is 2.98. The minimum Gasteiger partial charge on any atom is -0.265 e. The number of aromatic nitrogens is 2. The van der Waals surface area contributed by atoms with Gasteiger partial charge in [0.15, 0.2) is 0 Å². The van der Waals surface area contributed by atoms with Crippen LogP contribution >= 0.6 is 0 Å². The lowest BCUT2D eigenvalue weighted by atomic mass is 9.72. The summed E-state index contributed by atoms with van der Waals surface area (Å²) in [5.41, 5.74) is 4.46. The van der Waals surface area contributed by atoms with Crippen molar-refractivity contribution in [1.82, 2.24) is 9.97 Å². The van der Waals surface area contributed by atoms with Crippen molar-refractivity contribution in [2.24, 2.45) is 5.41 Å². The Morgan fingerprint density at radius 1 is 0.917 bits per heavy atom. The average molecular weight is 316 g/mol. The molecule has 2 aliphatic rings. The Morgan fingerprint density at radius 3 is 2.54 bits per heavy atom. The molecule has 0 amide bonds. The van der Waals surface area contributed by atoms with Crippen LogP contribution in [0.25, 0.3) is 0 Å². The molecule has 24 heavy (non-hydrogen) atoms. The Labute approximate surface area is 140 Å². The van der Waals surface area contributed by atoms with Crippen LogP contribution in [0.5, 0.6) is 0 Å². The number of hydrogen-bond donors (Lipinski definition) is 0. The summed E-state index contributed by atoms with van der Waals surface area (Å²) >= 11 is 0. The largest absolute Gasteiger partial charge is 0.265 e. The van der Waals surface area contributed by atoms with Gasteiger partial charge in [0.05, 0.1) is 0 Å². The van der Waals surface area contributed by atoms with Gasteiger partial charge in [-0.15, -0.1) is 0 Å². The van der Waals surface area contributed by atoms with E-state index in [1.54, 1.807) is 0 Å². The molecule has 3 heteroatoms. The van der Waals surface area contributed by atoms with Gasteiger partial charge in [0.25, 0.3) is 0 Å². The topological polar surface area (TPSA) is 25.8 Å². The Balaban J connectivity index is 1.72. The van der Waals surface area contributed by atoms with Gasteiger partial charge in [-0.3, -0.25) is 4.98 Å². The van der Waals surface area contributed by atoms with Crippen LogP contribution in [0.15, 0.2) is 90.5 Å². The predicted molar refractivity (Wildman–Crippen MR) is 92.7 cm³/mol. The van der Waals surface area contributed by atoms with Gasteiger partial charge in [0.1, 0.15) is 0 Å². The summed E-state index contributed by atoms with van der Waals surface area (Å²) < 4.78 is 13.5. The highest BCUT2D eigenvalue weighted by molar-refractivity contribution is 5.58. The van der Waals surface area contributed by atoms with Gasteiger partial charge in [-0.25, -0.2) is 4.98 Å². The number of nitrogens with zero attached hydrogens (tertiary/aromatic N) is 2. The number of halogens is 1. The molecule has 2 aromatic rings. The molecule has 2 aliphatic carbocycles. The molecule has 0 radical (unpaired) electrons. The van der Waals surface area contributed by atoms with E-state index in [1.165, 1.54) is 29.0 Å². The van der Waals surface area contributed by atoms with E-state index < -0.39 is 5.95 Å². The van der Waals surface area contributed by atoms with E-state index in [4.69, 9.17) is 0 Å². The van der Waals surface area contributed by atoms with Crippen molar-refractivity contribution >= 4 is 0 Å². The van der Waals surface area contributed by atoms with Gasteiger partial charge in [-0.2, -0.15) is 4.39 Å². The first-order valence-electron chi connectivity index (χ1n) is 8.03. The zero-order chi connectivity index (χ0) is 16.4. The van der Waals surface area contributed by atoms with Crippen molar-refractivity contribution in [2.45, 2.75) is 12.8 Å². The molecule has 2 aromatic heterocycles. The third-order valence-electron chi connectivity index (χ3n) is 4.53. The third-order valence-corrected chi connectivity index (χ3v) is 4.53. The van der Waals surface area contributed by atoms with E-state index in [0.717, 1.165) is 18.4 Å². The van der Waals surface area contributed by atoms with Gasteiger partial charge >= 0.3 is 0 Å². The van der Waals surface area contributed by atoms with Gasteiger partial charge < -0.3 is 0 Å². The summed E-state index contributed by atoms with van der Waals surface area (Å²) in [7, 11) is 0. The summed E-state index contributed by atoms with van der Waals surface area (Å²) in [5, 5.41) is 0. The summed E-state index contributed by atoms with van der Waals surface area (Å²) in [4.78, 5) is 7.76. The Bertz CT molecular complexity index is 878. The molecule has 0 spiro atoms. The molecule has 0 bridgehead atoms. The van der Waals surface area contributed by atoms with E-state index in [-0.39, 0.29) is 5.41 Å². The fourth-order valence-electron chi connectivity index (χ4n) is 3.44. The smallest absolute Gasteiger partial charge is 0.213 e. The monoisotopic (exact) mass is 316 g/mol. The maximum absolute atomic E-state index is 13.5. The number of rotatable bonds is 4. The normalized spacial score (nSPS) is 21.4. The van der Waals surface area contributed by atoms with Crippen molar-refractivity contribution in [3.05, 3.63) is 108 Å². The Morgan fingerprint density at radius 2 is 1.71 bits per heavy atom. The average Bonchev–Trinajstić information content (AvgIpc) is 3.03. The highest BCUT2D eigenvalue weighted by Gasteiger charge is 2.30. The second kappa shape index (κ2) is 6.00. The number of hydrogen-bond acceptors (Lipinski definition) is 2. The Kier molecular flexibility index (Phi) is 3.69. The number of pyridine rings is 2. The summed E-state index contributed by atoms with van der Waals surface area (Å²) in [6, 6.07) is 7.49. The van der Waals surface area contributed by atoms with Crippen LogP contribution in [-0.2, 0) is 12.8 Å². The molecule has 1 unspecified atom stereocenters. The zero-order valence-electron chi connectivity index (χ0n) is 13.2. The van der Waals surface area contributed by atoms with Crippen molar-refractivity contribution < 1.29 is 4.39 Å². The minimum absolute atomic E-state index is 0.184. The molecular formula is C21H17FN2. The molecule has 0 aliphatic heterocycles. The first kappa shape index (κ1) is 14.8. The van der Waals surface area contributed by atoms with Gasteiger partial charge in [0.2, 0.25) is 5.95 Å². The lowest BCUT2D eigenvalue weighted by Gasteiger charge is -2.31. The molecule has 1 atom stereocenters. The van der Waals surface area contributed by atoms with E-state index in [2.05, 4.69) is 46.4 Å². The molecule has 4 rings (SSSR count). The van der Waals surface area contributed by atoms with Crippen molar-refractivity contribution in [1.29, 1.82) is 0 Å². The number of allylic oxidation sites excluding steroid dienone is 8. The van der Waals surface area contributed by atoms with E-state index in [0.29, 0.717) is 0 Å². The maximum atomic E-state index is 13.5. The van der Waals surface area contributed by atoms with Crippen molar-refractivity contribution in [2.75, 3.05) is 0 Å². The summed E-state index contributed by atoms with van der Waals surface area (Å²) in [6.45, 7) is 0. The molecule has 0 saturated heterocycles. The SMILES string of the molecule is Fc1cc(CC2(Cc3ccncc3)C=CC3=CC=CC3=C2)ccn1. The highest BCUT2D eigenvalue weighted by atomic mass is 19.1. The van der Waals surface area contributed by atoms with Crippen LogP contribution in [0.4, 0.5) is 4.39 Å². The lowest BCUT2D eigenvalue weighted by Crippen LogP contribution is -2.24. The molecule has 0 N–H and O–H groups in total. The van der Waals surface area contributed by atoms with Gasteiger partial charge in [0, 0.05) is 24.0 Å². The zero-order valence-corrected chi connectivity index (χ0v) is 13.2. The number of fused-ring (bicyclic) bond motifs is 1. The summed E-state index contributed by atoms with van der Waals surface area (Å²) in [6.07, 6.45) is 19.8. The van der Waals surface area contributed by atoms with Crippen molar-refractivity contribution in [3.8, 4) is 0 Å². The second-order valence-electron chi connectivity index (χ2n) is 6.34. The highest BCUT2D eigenvalue weighted by Crippen LogP contribution is 2.39. The molecular weight excluding hydrogens is 299 g/mol. The summed E-state index contributed by atoms with van der Waals surface area (Å²) in [5.74, 6) is -0.430. The molecule has 118 valence electrons. The quantitative estimate of drug-likeness (QED) is 0.782. The van der Waals surface area contributed by atoms with Crippen LogP contribution in [-0.4, -0.2) is 9.97 Å². The minimum atomic E-state index is -0.430. The first-order chi connectivity index (χ1) is 11.7. The molecule has 2 heterocycles. The predicted octanol–water partition coefficient (Wildman–Crippen LogP) is 4.38. The standard InChI is InChI=1S/C21H17FN2/c22-20-12-17(7-11-24-20)14-21(13-16-5-9-23-10-6-16)8-4-18-2-1-3-19(18)15-21/h1-12,15H,13-14H2. The van der Waals surface area contributed by atoms with Gasteiger partial charge in [-0.1, -0.05) is 36.5 Å².